The average molecular weight is 299 g/mol. The predicted molar refractivity (Wildman–Crippen MR) is 81.8 cm³/mol. The van der Waals surface area contributed by atoms with Gasteiger partial charge in [0.1, 0.15) is 5.82 Å². The Bertz CT molecular complexity index is 675. The van der Waals surface area contributed by atoms with E-state index in [2.05, 4.69) is 22.6 Å². The van der Waals surface area contributed by atoms with Crippen LogP contribution in [0.2, 0.25) is 0 Å². The fourth-order valence-electron chi connectivity index (χ4n) is 2.56. The standard InChI is InChI=1S/C17H18FN3O/c18-14-5-7-16(8-6-14)21-10-9-15(20-21)12-19-17(22)11-13-3-1-2-4-13/h1,3,5-10,13H,2,4,11-12H2,(H,19,22). The number of nitrogens with one attached hydrogen (secondary N) is 1. The molecule has 1 unspecified atom stereocenters. The van der Waals surface area contributed by atoms with Gasteiger partial charge in [-0.3, -0.25) is 4.79 Å². The molecule has 1 amide bonds. The van der Waals surface area contributed by atoms with E-state index < -0.39 is 0 Å². The lowest BCUT2D eigenvalue weighted by atomic mass is 10.1. The molecule has 22 heavy (non-hydrogen) atoms. The summed E-state index contributed by atoms with van der Waals surface area (Å²) < 4.78 is 14.6. The molecule has 0 bridgehead atoms. The second-order valence-corrected chi connectivity index (χ2v) is 5.47. The molecule has 1 atom stereocenters. The van der Waals surface area contributed by atoms with Crippen molar-refractivity contribution in [3.63, 3.8) is 0 Å². The Morgan fingerprint density at radius 1 is 1.32 bits per heavy atom. The van der Waals surface area contributed by atoms with Crippen LogP contribution in [0.3, 0.4) is 0 Å². The number of carbonyl (C=O) groups is 1. The molecule has 0 radical (unpaired) electrons. The predicted octanol–water partition coefficient (Wildman–Crippen LogP) is 2.98. The molecule has 1 aliphatic rings. The molecular weight excluding hydrogens is 281 g/mol. The smallest absolute Gasteiger partial charge is 0.220 e. The van der Waals surface area contributed by atoms with Crippen molar-refractivity contribution in [1.82, 2.24) is 15.1 Å². The van der Waals surface area contributed by atoms with Gasteiger partial charge in [-0.2, -0.15) is 5.10 Å². The third-order valence-electron chi connectivity index (χ3n) is 3.76. The van der Waals surface area contributed by atoms with Gasteiger partial charge in [0, 0.05) is 12.6 Å². The monoisotopic (exact) mass is 299 g/mol. The lowest BCUT2D eigenvalue weighted by Gasteiger charge is -2.07. The summed E-state index contributed by atoms with van der Waals surface area (Å²) in [4.78, 5) is 11.9. The molecule has 0 spiro atoms. The van der Waals surface area contributed by atoms with E-state index in [9.17, 15) is 9.18 Å². The SMILES string of the molecule is O=C(CC1C=CCC1)NCc1ccn(-c2ccc(F)cc2)n1. The largest absolute Gasteiger partial charge is 0.350 e. The highest BCUT2D eigenvalue weighted by Crippen LogP contribution is 2.20. The zero-order chi connectivity index (χ0) is 15.4. The number of benzene rings is 1. The van der Waals surface area contributed by atoms with E-state index in [0.717, 1.165) is 24.2 Å². The molecule has 4 nitrogen and oxygen atoms in total. The average Bonchev–Trinajstić information content (AvgIpc) is 3.17. The molecule has 0 saturated carbocycles. The molecule has 5 heteroatoms. The second-order valence-electron chi connectivity index (χ2n) is 5.47. The molecule has 2 aromatic rings. The molecule has 114 valence electrons. The van der Waals surface area contributed by atoms with Crippen LogP contribution in [0.5, 0.6) is 0 Å². The zero-order valence-corrected chi connectivity index (χ0v) is 12.2. The van der Waals surface area contributed by atoms with E-state index in [1.54, 1.807) is 23.0 Å². The number of halogens is 1. The first-order valence-corrected chi connectivity index (χ1v) is 7.44. The first-order chi connectivity index (χ1) is 10.7. The van der Waals surface area contributed by atoms with Crippen molar-refractivity contribution in [1.29, 1.82) is 0 Å². The molecule has 0 fully saturated rings. The normalized spacial score (nSPS) is 16.9. The summed E-state index contributed by atoms with van der Waals surface area (Å²) in [6.45, 7) is 0.406. The van der Waals surface area contributed by atoms with Crippen LogP contribution in [-0.4, -0.2) is 15.7 Å². The quantitative estimate of drug-likeness (QED) is 0.863. The minimum Gasteiger partial charge on any atom is -0.350 e. The van der Waals surface area contributed by atoms with Crippen molar-refractivity contribution in [2.24, 2.45) is 5.92 Å². The third kappa shape index (κ3) is 3.61. The molecule has 1 N–H and O–H groups in total. The Hall–Kier alpha value is -2.43. The van der Waals surface area contributed by atoms with Gasteiger partial charge in [0.2, 0.25) is 5.91 Å². The summed E-state index contributed by atoms with van der Waals surface area (Å²) in [7, 11) is 0. The first-order valence-electron chi connectivity index (χ1n) is 7.44. The van der Waals surface area contributed by atoms with Crippen molar-refractivity contribution >= 4 is 5.91 Å². The van der Waals surface area contributed by atoms with Gasteiger partial charge in [-0.25, -0.2) is 9.07 Å². The van der Waals surface area contributed by atoms with E-state index in [4.69, 9.17) is 0 Å². The molecule has 0 saturated heterocycles. The number of allylic oxidation sites excluding steroid dienone is 2. The van der Waals surface area contributed by atoms with Crippen LogP contribution in [-0.2, 0) is 11.3 Å². The molecule has 1 aromatic carbocycles. The summed E-state index contributed by atoms with van der Waals surface area (Å²) in [5.74, 6) is 0.147. The Morgan fingerprint density at radius 3 is 2.86 bits per heavy atom. The van der Waals surface area contributed by atoms with Crippen molar-refractivity contribution in [3.05, 3.63) is 60.2 Å². The van der Waals surface area contributed by atoms with Gasteiger partial charge in [0.05, 0.1) is 17.9 Å². The Balaban J connectivity index is 1.54. The van der Waals surface area contributed by atoms with Crippen molar-refractivity contribution in [2.45, 2.75) is 25.8 Å². The maximum absolute atomic E-state index is 12.9. The molecular formula is C17H18FN3O. The van der Waals surface area contributed by atoms with Crippen LogP contribution in [0, 0.1) is 11.7 Å². The number of nitrogens with zero attached hydrogens (tertiary/aromatic N) is 2. The molecule has 1 aromatic heterocycles. The van der Waals surface area contributed by atoms with Crippen LogP contribution in [0.4, 0.5) is 4.39 Å². The van der Waals surface area contributed by atoms with E-state index in [0.29, 0.717) is 18.9 Å². The van der Waals surface area contributed by atoms with E-state index in [-0.39, 0.29) is 11.7 Å². The van der Waals surface area contributed by atoms with Crippen molar-refractivity contribution in [2.75, 3.05) is 0 Å². The second kappa shape index (κ2) is 6.56. The van der Waals surface area contributed by atoms with Gasteiger partial charge < -0.3 is 5.32 Å². The van der Waals surface area contributed by atoms with Gasteiger partial charge in [0.25, 0.3) is 0 Å². The number of amides is 1. The summed E-state index contributed by atoms with van der Waals surface area (Å²) in [5, 5.41) is 7.27. The lowest BCUT2D eigenvalue weighted by Crippen LogP contribution is -2.24. The van der Waals surface area contributed by atoms with E-state index in [1.807, 2.05) is 6.07 Å². The van der Waals surface area contributed by atoms with Gasteiger partial charge >= 0.3 is 0 Å². The number of aromatic nitrogens is 2. The zero-order valence-electron chi connectivity index (χ0n) is 12.2. The van der Waals surface area contributed by atoms with Gasteiger partial charge in [-0.1, -0.05) is 12.2 Å². The fraction of sp³-hybridized carbons (Fsp3) is 0.294. The van der Waals surface area contributed by atoms with Crippen LogP contribution in [0.25, 0.3) is 5.69 Å². The molecule has 3 rings (SSSR count). The topological polar surface area (TPSA) is 46.9 Å². The lowest BCUT2D eigenvalue weighted by molar-refractivity contribution is -0.121. The summed E-state index contributed by atoms with van der Waals surface area (Å²) in [6.07, 6.45) is 8.71. The number of carbonyl (C=O) groups excluding carboxylic acids is 1. The maximum Gasteiger partial charge on any atom is 0.220 e. The number of hydrogen-bond acceptors (Lipinski definition) is 2. The Morgan fingerprint density at radius 2 is 2.14 bits per heavy atom. The highest BCUT2D eigenvalue weighted by Gasteiger charge is 2.13. The van der Waals surface area contributed by atoms with Gasteiger partial charge in [-0.05, 0) is 49.1 Å². The minimum absolute atomic E-state index is 0.0490. The van der Waals surface area contributed by atoms with Crippen LogP contribution in [0.15, 0.2) is 48.7 Å². The van der Waals surface area contributed by atoms with Crippen molar-refractivity contribution < 1.29 is 9.18 Å². The Labute approximate surface area is 128 Å². The van der Waals surface area contributed by atoms with Crippen LogP contribution < -0.4 is 5.32 Å². The molecule has 1 heterocycles. The van der Waals surface area contributed by atoms with Gasteiger partial charge in [-0.15, -0.1) is 0 Å². The highest BCUT2D eigenvalue weighted by atomic mass is 19.1. The van der Waals surface area contributed by atoms with Gasteiger partial charge in [0.15, 0.2) is 0 Å². The number of hydrogen-bond donors (Lipinski definition) is 1. The van der Waals surface area contributed by atoms with Crippen molar-refractivity contribution in [3.8, 4) is 5.69 Å². The molecule has 1 aliphatic carbocycles. The first kappa shape index (κ1) is 14.5. The Kier molecular flexibility index (Phi) is 4.32. The van der Waals surface area contributed by atoms with E-state index in [1.165, 1.54) is 12.1 Å². The van der Waals surface area contributed by atoms with Crippen LogP contribution in [0.1, 0.15) is 25.0 Å². The summed E-state index contributed by atoms with van der Waals surface area (Å²) >= 11 is 0. The fourth-order valence-corrected chi connectivity index (χ4v) is 2.56. The van der Waals surface area contributed by atoms with Crippen LogP contribution >= 0.6 is 0 Å². The molecule has 0 aliphatic heterocycles. The van der Waals surface area contributed by atoms with E-state index >= 15 is 0 Å². The maximum atomic E-state index is 12.9. The summed E-state index contributed by atoms with van der Waals surface area (Å²) in [6, 6.07) is 7.97. The minimum atomic E-state index is -0.274. The summed E-state index contributed by atoms with van der Waals surface area (Å²) in [5.41, 5.74) is 1.56. The third-order valence-corrected chi connectivity index (χ3v) is 3.76. The highest BCUT2D eigenvalue weighted by molar-refractivity contribution is 5.76. The number of rotatable bonds is 5.